The second kappa shape index (κ2) is 13.4. The topological polar surface area (TPSA) is 69.1 Å². The minimum atomic E-state index is -0.652. The number of aryl methyl sites for hydroxylation is 1. The molecule has 6 nitrogen and oxygen atoms in total. The predicted molar refractivity (Wildman–Crippen MR) is 139 cm³/mol. The molecule has 0 radical (unpaired) electrons. The summed E-state index contributed by atoms with van der Waals surface area (Å²) < 4.78 is 5.68. The van der Waals surface area contributed by atoms with E-state index in [9.17, 15) is 5.11 Å². The van der Waals surface area contributed by atoms with Gasteiger partial charge in [-0.05, 0) is 56.5 Å². The maximum absolute atomic E-state index is 10.3. The molecule has 1 atom stereocenters. The molecule has 2 aromatic rings. The van der Waals surface area contributed by atoms with Gasteiger partial charge in [0, 0.05) is 31.4 Å². The van der Waals surface area contributed by atoms with Gasteiger partial charge in [-0.1, -0.05) is 30.3 Å². The van der Waals surface area contributed by atoms with Crippen molar-refractivity contribution in [2.75, 3.05) is 37.7 Å². The van der Waals surface area contributed by atoms with Crippen LogP contribution in [0.25, 0.3) is 0 Å². The van der Waals surface area contributed by atoms with E-state index in [0.29, 0.717) is 12.6 Å². The zero-order chi connectivity index (χ0) is 21.2. The Balaban J connectivity index is 0.00000341. The van der Waals surface area contributed by atoms with Crippen LogP contribution in [0.1, 0.15) is 25.3 Å². The fourth-order valence-corrected chi connectivity index (χ4v) is 3.58. The monoisotopic (exact) mass is 538 g/mol. The lowest BCUT2D eigenvalue weighted by Gasteiger charge is -2.34. The second-order valence-corrected chi connectivity index (χ2v) is 7.74. The Bertz CT molecular complexity index is 795. The molecule has 0 spiro atoms. The average molecular weight is 538 g/mol. The maximum atomic E-state index is 10.3. The van der Waals surface area contributed by atoms with Crippen LogP contribution in [0.2, 0.25) is 0 Å². The number of nitrogens with one attached hydrogen (secondary N) is 2. The van der Waals surface area contributed by atoms with Crippen LogP contribution in [0, 0.1) is 6.92 Å². The van der Waals surface area contributed by atoms with Gasteiger partial charge in [0.25, 0.3) is 0 Å². The molecule has 0 amide bonds. The number of piperidine rings is 1. The first-order valence-electron chi connectivity index (χ1n) is 10.9. The van der Waals surface area contributed by atoms with Gasteiger partial charge in [0.15, 0.2) is 5.96 Å². The van der Waals surface area contributed by atoms with Crippen LogP contribution in [-0.4, -0.2) is 56.0 Å². The van der Waals surface area contributed by atoms with Gasteiger partial charge >= 0.3 is 0 Å². The molecule has 1 saturated heterocycles. The van der Waals surface area contributed by atoms with Crippen molar-refractivity contribution in [3.05, 3.63) is 60.2 Å². The van der Waals surface area contributed by atoms with Crippen molar-refractivity contribution in [2.45, 2.75) is 38.8 Å². The third kappa shape index (κ3) is 8.57. The van der Waals surface area contributed by atoms with Crippen molar-refractivity contribution in [3.63, 3.8) is 0 Å². The largest absolute Gasteiger partial charge is 0.491 e. The maximum Gasteiger partial charge on any atom is 0.191 e. The van der Waals surface area contributed by atoms with E-state index in [0.717, 1.165) is 49.7 Å². The summed E-state index contributed by atoms with van der Waals surface area (Å²) >= 11 is 0. The predicted octanol–water partition coefficient (Wildman–Crippen LogP) is 3.58. The molecule has 0 bridgehead atoms. The van der Waals surface area contributed by atoms with Crippen molar-refractivity contribution >= 4 is 35.6 Å². The Morgan fingerprint density at radius 2 is 1.90 bits per heavy atom. The van der Waals surface area contributed by atoms with Crippen molar-refractivity contribution in [1.82, 2.24) is 10.6 Å². The standard InChI is InChI=1S/C24H34N4O2.HI/c1-3-25-24(26-17-22(29)18-30-23-11-7-8-19(2)16-23)27-20-12-14-28(15-13-20)21-9-5-4-6-10-21;/h4-11,16,20,22,29H,3,12-15,17-18H2,1-2H3,(H2,25,26,27);1H. The summed E-state index contributed by atoms with van der Waals surface area (Å²) in [6.07, 6.45) is 1.46. The van der Waals surface area contributed by atoms with Gasteiger partial charge in [-0.25, -0.2) is 0 Å². The van der Waals surface area contributed by atoms with Crippen molar-refractivity contribution in [2.24, 2.45) is 4.99 Å². The summed E-state index contributed by atoms with van der Waals surface area (Å²) in [5.41, 5.74) is 2.42. The van der Waals surface area contributed by atoms with E-state index in [1.54, 1.807) is 0 Å². The molecule has 3 rings (SSSR count). The number of benzene rings is 2. The van der Waals surface area contributed by atoms with Gasteiger partial charge in [-0.3, -0.25) is 4.99 Å². The van der Waals surface area contributed by atoms with Crippen LogP contribution in [-0.2, 0) is 0 Å². The minimum Gasteiger partial charge on any atom is -0.491 e. The molecule has 1 aliphatic heterocycles. The smallest absolute Gasteiger partial charge is 0.191 e. The van der Waals surface area contributed by atoms with E-state index in [1.807, 2.05) is 38.1 Å². The highest BCUT2D eigenvalue weighted by molar-refractivity contribution is 14.0. The number of hydrogen-bond acceptors (Lipinski definition) is 4. The minimum absolute atomic E-state index is 0. The number of rotatable bonds is 8. The zero-order valence-electron chi connectivity index (χ0n) is 18.5. The van der Waals surface area contributed by atoms with Crippen LogP contribution in [0.4, 0.5) is 5.69 Å². The highest BCUT2D eigenvalue weighted by Crippen LogP contribution is 2.19. The number of halogens is 1. The lowest BCUT2D eigenvalue weighted by atomic mass is 10.0. The fraction of sp³-hybridized carbons (Fsp3) is 0.458. The van der Waals surface area contributed by atoms with Gasteiger partial charge < -0.3 is 25.4 Å². The number of aliphatic hydroxyl groups is 1. The number of aliphatic imine (C=N–C) groups is 1. The van der Waals surface area contributed by atoms with Gasteiger partial charge in [-0.15, -0.1) is 24.0 Å². The van der Waals surface area contributed by atoms with E-state index >= 15 is 0 Å². The van der Waals surface area contributed by atoms with E-state index in [1.165, 1.54) is 5.69 Å². The first kappa shape index (κ1) is 25.3. The molecule has 1 fully saturated rings. The summed E-state index contributed by atoms with van der Waals surface area (Å²) in [4.78, 5) is 6.99. The Hall–Kier alpha value is -2.00. The van der Waals surface area contributed by atoms with Crippen molar-refractivity contribution in [1.29, 1.82) is 0 Å². The lowest BCUT2D eigenvalue weighted by molar-refractivity contribution is 0.114. The molecule has 1 unspecified atom stereocenters. The molecule has 1 aliphatic rings. The molecule has 1 heterocycles. The number of para-hydroxylation sites is 1. The van der Waals surface area contributed by atoms with Gasteiger partial charge in [0.05, 0.1) is 6.54 Å². The molecule has 31 heavy (non-hydrogen) atoms. The SMILES string of the molecule is CCNC(=NCC(O)COc1cccc(C)c1)NC1CCN(c2ccccc2)CC1.I. The van der Waals surface area contributed by atoms with Crippen molar-refractivity contribution < 1.29 is 9.84 Å². The number of aliphatic hydroxyl groups excluding tert-OH is 1. The normalized spacial score (nSPS) is 15.7. The van der Waals surface area contributed by atoms with Gasteiger partial charge in [-0.2, -0.15) is 0 Å². The number of nitrogens with zero attached hydrogens (tertiary/aromatic N) is 2. The van der Waals surface area contributed by atoms with Gasteiger partial charge in [0.1, 0.15) is 18.5 Å². The van der Waals surface area contributed by atoms with E-state index in [-0.39, 0.29) is 30.6 Å². The molecule has 3 N–H and O–H groups in total. The number of anilines is 1. The van der Waals surface area contributed by atoms with Crippen LogP contribution in [0.15, 0.2) is 59.6 Å². The molecule has 0 aromatic heterocycles. The quantitative estimate of drug-likeness (QED) is 0.273. The van der Waals surface area contributed by atoms with Crippen LogP contribution in [0.5, 0.6) is 5.75 Å². The first-order chi connectivity index (χ1) is 14.6. The number of ether oxygens (including phenoxy) is 1. The van der Waals surface area contributed by atoms with Crippen LogP contribution in [0.3, 0.4) is 0 Å². The molecule has 0 aliphatic carbocycles. The Kier molecular flexibility index (Phi) is 10.9. The zero-order valence-corrected chi connectivity index (χ0v) is 20.8. The Labute approximate surface area is 203 Å². The summed E-state index contributed by atoms with van der Waals surface area (Å²) in [6, 6.07) is 18.8. The Morgan fingerprint density at radius 1 is 1.16 bits per heavy atom. The summed E-state index contributed by atoms with van der Waals surface area (Å²) in [7, 11) is 0. The number of guanidine groups is 1. The third-order valence-electron chi connectivity index (χ3n) is 5.19. The molecular formula is C24H35IN4O2. The average Bonchev–Trinajstić information content (AvgIpc) is 2.77. The molecule has 7 heteroatoms. The van der Waals surface area contributed by atoms with Crippen molar-refractivity contribution in [3.8, 4) is 5.75 Å². The highest BCUT2D eigenvalue weighted by Gasteiger charge is 2.20. The number of hydrogen-bond donors (Lipinski definition) is 3. The molecule has 2 aromatic carbocycles. The second-order valence-electron chi connectivity index (χ2n) is 7.74. The fourth-order valence-electron chi connectivity index (χ4n) is 3.58. The molecule has 0 saturated carbocycles. The summed E-state index contributed by atoms with van der Waals surface area (Å²) in [6.45, 7) is 7.41. The summed E-state index contributed by atoms with van der Waals surface area (Å²) in [5.74, 6) is 1.53. The molecular weight excluding hydrogens is 503 g/mol. The third-order valence-corrected chi connectivity index (χ3v) is 5.19. The van der Waals surface area contributed by atoms with Crippen LogP contribution >= 0.6 is 24.0 Å². The highest BCUT2D eigenvalue weighted by atomic mass is 127. The van der Waals surface area contributed by atoms with Crippen LogP contribution < -0.4 is 20.3 Å². The van der Waals surface area contributed by atoms with E-state index < -0.39 is 6.10 Å². The lowest BCUT2D eigenvalue weighted by Crippen LogP contribution is -2.49. The summed E-state index contributed by atoms with van der Waals surface area (Å²) in [5, 5.41) is 17.1. The Morgan fingerprint density at radius 3 is 2.58 bits per heavy atom. The molecule has 170 valence electrons. The first-order valence-corrected chi connectivity index (χ1v) is 10.9. The van der Waals surface area contributed by atoms with Gasteiger partial charge in [0.2, 0.25) is 0 Å². The van der Waals surface area contributed by atoms with E-state index in [4.69, 9.17) is 4.74 Å². The van der Waals surface area contributed by atoms with E-state index in [2.05, 4.69) is 50.9 Å².